The quantitative estimate of drug-likeness (QED) is 0.533. The molecular weight excluding hydrogens is 302 g/mol. The maximum atomic E-state index is 4.40. The molecule has 0 unspecified atom stereocenters. The van der Waals surface area contributed by atoms with Gasteiger partial charge < -0.3 is 4.57 Å². The Hall–Kier alpha value is -1.73. The molecular formula is C14H13N5S2. The number of rotatable bonds is 5. The van der Waals surface area contributed by atoms with Gasteiger partial charge in [0.05, 0.1) is 0 Å². The van der Waals surface area contributed by atoms with Crippen LogP contribution in [-0.2, 0) is 6.54 Å². The average Bonchev–Trinajstić information content (AvgIpc) is 3.08. The lowest BCUT2D eigenvalue weighted by atomic mass is 10.4. The molecule has 7 heteroatoms. The van der Waals surface area contributed by atoms with Gasteiger partial charge >= 0.3 is 0 Å². The van der Waals surface area contributed by atoms with Gasteiger partial charge in [-0.15, -0.1) is 28.1 Å². The molecule has 0 aliphatic heterocycles. The van der Waals surface area contributed by atoms with E-state index < -0.39 is 0 Å². The third kappa shape index (κ3) is 2.36. The van der Waals surface area contributed by atoms with Crippen LogP contribution in [0.2, 0.25) is 0 Å². The van der Waals surface area contributed by atoms with Crippen molar-refractivity contribution in [2.24, 2.45) is 0 Å². The van der Waals surface area contributed by atoms with Crippen molar-refractivity contribution in [2.45, 2.75) is 35.5 Å². The summed E-state index contributed by atoms with van der Waals surface area (Å²) >= 11 is 3.17. The molecule has 0 spiro atoms. The number of hydrogen-bond acceptors (Lipinski definition) is 6. The van der Waals surface area contributed by atoms with Gasteiger partial charge in [-0.1, -0.05) is 6.08 Å². The van der Waals surface area contributed by atoms with Crippen LogP contribution < -0.4 is 0 Å². The Morgan fingerprint density at radius 3 is 3.10 bits per heavy atom. The summed E-state index contributed by atoms with van der Waals surface area (Å²) in [6, 6.07) is 2.05. The lowest BCUT2D eigenvalue weighted by Gasteiger charge is -2.06. The van der Waals surface area contributed by atoms with Crippen LogP contribution in [0.5, 0.6) is 0 Å². The van der Waals surface area contributed by atoms with E-state index >= 15 is 0 Å². The minimum absolute atomic E-state index is 0.568. The fraction of sp³-hybridized carbons (Fsp3) is 0.286. The van der Waals surface area contributed by atoms with Gasteiger partial charge in [0.1, 0.15) is 22.0 Å². The highest BCUT2D eigenvalue weighted by molar-refractivity contribution is 7.99. The molecule has 3 heterocycles. The second kappa shape index (κ2) is 5.23. The van der Waals surface area contributed by atoms with E-state index in [-0.39, 0.29) is 0 Å². The number of nitrogens with zero attached hydrogens (tertiary/aromatic N) is 5. The molecule has 5 nitrogen and oxygen atoms in total. The number of hydrogen-bond donors (Lipinski definition) is 0. The Balaban J connectivity index is 1.73. The summed E-state index contributed by atoms with van der Waals surface area (Å²) < 4.78 is 2.15. The van der Waals surface area contributed by atoms with E-state index in [0.717, 1.165) is 32.8 Å². The molecule has 0 amide bonds. The Morgan fingerprint density at radius 2 is 2.29 bits per heavy atom. The summed E-state index contributed by atoms with van der Waals surface area (Å²) in [5.41, 5.74) is 0. The summed E-state index contributed by atoms with van der Waals surface area (Å²) in [6.45, 7) is 4.57. The third-order valence-corrected chi connectivity index (χ3v) is 5.24. The zero-order valence-corrected chi connectivity index (χ0v) is 12.9. The van der Waals surface area contributed by atoms with Crippen molar-refractivity contribution in [1.82, 2.24) is 24.7 Å². The van der Waals surface area contributed by atoms with Gasteiger partial charge in [0.25, 0.3) is 0 Å². The molecule has 1 aliphatic rings. The van der Waals surface area contributed by atoms with Gasteiger partial charge in [-0.25, -0.2) is 9.97 Å². The summed E-state index contributed by atoms with van der Waals surface area (Å²) in [5.74, 6) is 1.64. The van der Waals surface area contributed by atoms with Crippen molar-refractivity contribution in [3.8, 4) is 0 Å². The van der Waals surface area contributed by atoms with E-state index in [2.05, 4.69) is 37.4 Å². The van der Waals surface area contributed by atoms with Crippen LogP contribution in [0.15, 0.2) is 40.6 Å². The molecule has 4 rings (SSSR count). The van der Waals surface area contributed by atoms with Crippen molar-refractivity contribution >= 4 is 33.3 Å². The van der Waals surface area contributed by atoms with Gasteiger partial charge in [-0.2, -0.15) is 0 Å². The lowest BCUT2D eigenvalue weighted by molar-refractivity contribution is 0.681. The lowest BCUT2D eigenvalue weighted by Crippen LogP contribution is -2.02. The fourth-order valence-electron chi connectivity index (χ4n) is 2.25. The summed E-state index contributed by atoms with van der Waals surface area (Å²) in [4.78, 5) is 9.68. The first kappa shape index (κ1) is 13.0. The number of allylic oxidation sites excluding steroid dienone is 1. The van der Waals surface area contributed by atoms with E-state index in [4.69, 9.17) is 0 Å². The highest BCUT2D eigenvalue weighted by Gasteiger charge is 2.30. The van der Waals surface area contributed by atoms with Gasteiger partial charge in [-0.3, -0.25) is 0 Å². The molecule has 0 aromatic carbocycles. The Kier molecular flexibility index (Phi) is 3.23. The first-order valence-corrected chi connectivity index (χ1v) is 8.46. The molecule has 0 N–H and O–H groups in total. The van der Waals surface area contributed by atoms with Crippen LogP contribution in [-0.4, -0.2) is 24.7 Å². The monoisotopic (exact) mass is 315 g/mol. The second-order valence-electron chi connectivity index (χ2n) is 4.93. The maximum Gasteiger partial charge on any atom is 0.197 e. The van der Waals surface area contributed by atoms with Crippen molar-refractivity contribution in [3.63, 3.8) is 0 Å². The number of thiophene rings is 1. The first-order valence-electron chi connectivity index (χ1n) is 6.77. The number of aromatic nitrogens is 5. The van der Waals surface area contributed by atoms with Crippen LogP contribution in [0.25, 0.3) is 10.2 Å². The first-order chi connectivity index (χ1) is 10.4. The highest BCUT2D eigenvalue weighted by atomic mass is 32.2. The predicted octanol–water partition coefficient (Wildman–Crippen LogP) is 3.50. The Morgan fingerprint density at radius 1 is 1.38 bits per heavy atom. The normalized spacial score (nSPS) is 14.7. The predicted molar refractivity (Wildman–Crippen MR) is 83.7 cm³/mol. The van der Waals surface area contributed by atoms with E-state index in [1.807, 2.05) is 11.5 Å². The molecule has 3 aromatic rings. The Labute approximate surface area is 130 Å². The summed E-state index contributed by atoms with van der Waals surface area (Å²) in [6.07, 6.45) is 5.92. The van der Waals surface area contributed by atoms with E-state index in [1.54, 1.807) is 29.4 Å². The Bertz CT molecular complexity index is 803. The van der Waals surface area contributed by atoms with Crippen molar-refractivity contribution in [3.05, 3.63) is 36.3 Å². The van der Waals surface area contributed by atoms with Crippen LogP contribution in [0.4, 0.5) is 0 Å². The van der Waals surface area contributed by atoms with Crippen molar-refractivity contribution < 1.29 is 0 Å². The van der Waals surface area contributed by atoms with Gasteiger partial charge in [0, 0.05) is 17.8 Å². The van der Waals surface area contributed by atoms with Gasteiger partial charge in [-0.05, 0) is 36.0 Å². The second-order valence-corrected chi connectivity index (χ2v) is 6.79. The number of fused-ring (bicyclic) bond motifs is 1. The maximum absolute atomic E-state index is 4.40. The van der Waals surface area contributed by atoms with E-state index in [1.165, 1.54) is 12.8 Å². The van der Waals surface area contributed by atoms with E-state index in [0.29, 0.717) is 5.92 Å². The molecule has 3 aromatic heterocycles. The average molecular weight is 315 g/mol. The minimum Gasteiger partial charge on any atom is -0.302 e. The summed E-state index contributed by atoms with van der Waals surface area (Å²) in [7, 11) is 0. The molecule has 0 saturated heterocycles. The molecule has 0 atom stereocenters. The van der Waals surface area contributed by atoms with Crippen LogP contribution in [0.3, 0.4) is 0 Å². The highest BCUT2D eigenvalue weighted by Crippen LogP contribution is 2.41. The van der Waals surface area contributed by atoms with Crippen LogP contribution in [0.1, 0.15) is 24.6 Å². The molecule has 1 saturated carbocycles. The van der Waals surface area contributed by atoms with Crippen molar-refractivity contribution in [1.29, 1.82) is 0 Å². The van der Waals surface area contributed by atoms with E-state index in [9.17, 15) is 0 Å². The summed E-state index contributed by atoms with van der Waals surface area (Å²) in [5, 5.41) is 13.6. The zero-order valence-electron chi connectivity index (χ0n) is 11.3. The molecule has 21 heavy (non-hydrogen) atoms. The zero-order chi connectivity index (χ0) is 14.2. The molecule has 0 radical (unpaired) electrons. The van der Waals surface area contributed by atoms with Crippen LogP contribution in [0, 0.1) is 0 Å². The smallest absolute Gasteiger partial charge is 0.197 e. The molecule has 106 valence electrons. The van der Waals surface area contributed by atoms with Gasteiger partial charge in [0.2, 0.25) is 0 Å². The van der Waals surface area contributed by atoms with Crippen LogP contribution >= 0.6 is 23.1 Å². The fourth-order valence-corrected chi connectivity index (χ4v) is 3.96. The van der Waals surface area contributed by atoms with Gasteiger partial charge in [0.15, 0.2) is 5.16 Å². The molecule has 1 fully saturated rings. The van der Waals surface area contributed by atoms with Crippen molar-refractivity contribution in [2.75, 3.05) is 0 Å². The topological polar surface area (TPSA) is 56.5 Å². The third-order valence-electron chi connectivity index (χ3n) is 3.41. The SMILES string of the molecule is C=CCn1c(Sc2ncnc3sccc23)nnc1C1CC1. The molecule has 0 bridgehead atoms. The minimum atomic E-state index is 0.568. The largest absolute Gasteiger partial charge is 0.302 e. The molecule has 1 aliphatic carbocycles. The standard InChI is InChI=1S/C14H13N5S2/c1-2-6-19-11(9-3-4-9)17-18-14(19)21-13-10-5-7-20-12(10)15-8-16-13/h2,5,7-9H,1,3-4,6H2.